The van der Waals surface area contributed by atoms with E-state index in [2.05, 4.69) is 21.0 Å². The fraction of sp³-hybridized carbons (Fsp3) is 0.174. The highest BCUT2D eigenvalue weighted by atomic mass is 32.2. The molecule has 2 aromatic carbocycles. The van der Waals surface area contributed by atoms with Crippen molar-refractivity contribution in [3.05, 3.63) is 78.0 Å². The van der Waals surface area contributed by atoms with E-state index in [4.69, 9.17) is 4.74 Å². The number of rotatable bonds is 7. The molecule has 0 radical (unpaired) electrons. The summed E-state index contributed by atoms with van der Waals surface area (Å²) in [6, 6.07) is 7.92. The molecular formula is C23H19F4N3O4S. The molecule has 0 atom stereocenters. The Bertz CT molecular complexity index is 1400. The normalized spacial score (nSPS) is 13.6. The van der Waals surface area contributed by atoms with Gasteiger partial charge in [-0.3, -0.25) is 4.72 Å². The number of sulfonamides is 1. The Labute approximate surface area is 198 Å². The number of allylic oxidation sites excluding steroid dienone is 1. The van der Waals surface area contributed by atoms with Gasteiger partial charge < -0.3 is 14.2 Å². The van der Waals surface area contributed by atoms with E-state index in [9.17, 15) is 26.0 Å². The molecule has 0 saturated carbocycles. The Morgan fingerprint density at radius 2 is 1.91 bits per heavy atom. The minimum atomic E-state index is -4.43. The molecule has 7 nitrogen and oxygen atoms in total. The van der Waals surface area contributed by atoms with Crippen LogP contribution in [0.2, 0.25) is 0 Å². The van der Waals surface area contributed by atoms with Crippen molar-refractivity contribution in [2.75, 3.05) is 16.7 Å². The topological polar surface area (TPSA) is 84.7 Å². The van der Waals surface area contributed by atoms with Crippen molar-refractivity contribution >= 4 is 33.3 Å². The largest absolute Gasteiger partial charge is 0.495 e. The molecule has 12 heteroatoms. The van der Waals surface area contributed by atoms with Crippen LogP contribution in [0.5, 0.6) is 5.75 Å². The molecule has 0 fully saturated rings. The highest BCUT2D eigenvalue weighted by Gasteiger charge is 2.29. The number of anilines is 3. The van der Waals surface area contributed by atoms with E-state index in [1.54, 1.807) is 12.2 Å². The van der Waals surface area contributed by atoms with Crippen LogP contribution in [-0.2, 0) is 16.4 Å². The molecule has 1 aliphatic rings. The number of fused-ring (bicyclic) bond motifs is 1. The van der Waals surface area contributed by atoms with Crippen LogP contribution in [0.3, 0.4) is 0 Å². The number of nitrogens with zero attached hydrogens (tertiary/aromatic N) is 2. The number of halogens is 4. The van der Waals surface area contributed by atoms with Crippen LogP contribution in [-0.4, -0.2) is 26.9 Å². The smallest absolute Gasteiger partial charge is 0.389 e. The lowest BCUT2D eigenvalue weighted by Crippen LogP contribution is -2.20. The summed E-state index contributed by atoms with van der Waals surface area (Å²) in [6.07, 6.45) is -1.68. The second kappa shape index (κ2) is 9.10. The summed E-state index contributed by atoms with van der Waals surface area (Å²) in [5.74, 6) is -0.681. The Balaban J connectivity index is 1.71. The second-order valence-corrected chi connectivity index (χ2v) is 9.28. The molecule has 3 aromatic rings. The van der Waals surface area contributed by atoms with Gasteiger partial charge in [-0.2, -0.15) is 13.2 Å². The number of nitrogens with one attached hydrogen (secondary N) is 1. The molecule has 0 saturated heterocycles. The molecule has 4 rings (SSSR count). The fourth-order valence-corrected chi connectivity index (χ4v) is 4.62. The Morgan fingerprint density at radius 1 is 1.14 bits per heavy atom. The Hall–Kier alpha value is -3.80. The molecule has 1 N–H and O–H groups in total. The molecule has 35 heavy (non-hydrogen) atoms. The van der Waals surface area contributed by atoms with Crippen LogP contribution >= 0.6 is 0 Å². The van der Waals surface area contributed by atoms with E-state index in [0.29, 0.717) is 16.9 Å². The van der Waals surface area contributed by atoms with E-state index in [-0.39, 0.29) is 27.7 Å². The lowest BCUT2D eigenvalue weighted by atomic mass is 10.0. The van der Waals surface area contributed by atoms with Crippen molar-refractivity contribution < 1.29 is 35.2 Å². The zero-order valence-electron chi connectivity index (χ0n) is 18.3. The maximum atomic E-state index is 14.8. The quantitative estimate of drug-likeness (QED) is 0.406. The summed E-state index contributed by atoms with van der Waals surface area (Å²) in [5, 5.41) is 3.53. The van der Waals surface area contributed by atoms with Crippen molar-refractivity contribution in [2.45, 2.75) is 23.9 Å². The monoisotopic (exact) mass is 509 g/mol. The average molecular weight is 509 g/mol. The minimum absolute atomic E-state index is 0.0130. The van der Waals surface area contributed by atoms with Crippen LogP contribution < -0.4 is 14.4 Å². The zero-order chi connectivity index (χ0) is 25.4. The van der Waals surface area contributed by atoms with Gasteiger partial charge in [-0.1, -0.05) is 17.8 Å². The molecule has 0 aliphatic carbocycles. The van der Waals surface area contributed by atoms with Crippen molar-refractivity contribution in [3.63, 3.8) is 0 Å². The first-order valence-corrected chi connectivity index (χ1v) is 11.6. The van der Waals surface area contributed by atoms with Crippen LogP contribution in [0.25, 0.3) is 6.08 Å². The van der Waals surface area contributed by atoms with Crippen LogP contribution in [0.15, 0.2) is 70.4 Å². The van der Waals surface area contributed by atoms with E-state index in [1.165, 1.54) is 48.6 Å². The highest BCUT2D eigenvalue weighted by molar-refractivity contribution is 7.92. The van der Waals surface area contributed by atoms with Crippen LogP contribution in [0.4, 0.5) is 34.8 Å². The van der Waals surface area contributed by atoms with Crippen molar-refractivity contribution in [3.8, 4) is 5.75 Å². The molecule has 2 heterocycles. The fourth-order valence-electron chi connectivity index (χ4n) is 3.59. The van der Waals surface area contributed by atoms with Gasteiger partial charge in [0.25, 0.3) is 10.0 Å². The van der Waals surface area contributed by atoms with Gasteiger partial charge in [0.15, 0.2) is 5.82 Å². The lowest BCUT2D eigenvalue weighted by Gasteiger charge is -2.31. The maximum Gasteiger partial charge on any atom is 0.389 e. The molecule has 184 valence electrons. The van der Waals surface area contributed by atoms with Gasteiger partial charge in [-0.15, -0.1) is 0 Å². The number of aromatic nitrogens is 1. The third kappa shape index (κ3) is 5.16. The summed E-state index contributed by atoms with van der Waals surface area (Å²) in [4.78, 5) is 1.48. The zero-order valence-corrected chi connectivity index (χ0v) is 19.1. The summed E-state index contributed by atoms with van der Waals surface area (Å²) in [7, 11) is -2.66. The van der Waals surface area contributed by atoms with E-state index >= 15 is 0 Å². The maximum absolute atomic E-state index is 14.8. The standard InChI is InChI=1S/C23H19F4N3O4S/c1-14-3-4-16-11-17(35(31,32)29-22-8-10-34-28-22)5-6-19(16)30(14)20-13-18(24)15(12-21(20)33-2)7-9-23(25,26)27/h3-6,8,10-13H,1,7,9H2,2H3,(H,28,29). The Morgan fingerprint density at radius 3 is 2.57 bits per heavy atom. The number of ether oxygens (including phenoxy) is 1. The van der Waals surface area contributed by atoms with Gasteiger partial charge in [-0.25, -0.2) is 12.8 Å². The molecule has 1 aliphatic heterocycles. The van der Waals surface area contributed by atoms with Crippen LogP contribution in [0.1, 0.15) is 17.5 Å². The Kier molecular flexibility index (Phi) is 6.32. The van der Waals surface area contributed by atoms with Crippen LogP contribution in [0, 0.1) is 5.82 Å². The number of hydrogen-bond donors (Lipinski definition) is 1. The number of methoxy groups -OCH3 is 1. The van der Waals surface area contributed by atoms with E-state index in [1.807, 2.05) is 0 Å². The summed E-state index contributed by atoms with van der Waals surface area (Å²) in [5.41, 5.74) is 1.42. The molecular weight excluding hydrogens is 490 g/mol. The molecule has 0 bridgehead atoms. The summed E-state index contributed by atoms with van der Waals surface area (Å²) in [6.45, 7) is 3.95. The van der Waals surface area contributed by atoms with E-state index < -0.39 is 34.9 Å². The van der Waals surface area contributed by atoms with Crippen molar-refractivity contribution in [2.24, 2.45) is 0 Å². The van der Waals surface area contributed by atoms with E-state index in [0.717, 1.165) is 6.07 Å². The number of hydrogen-bond acceptors (Lipinski definition) is 6. The van der Waals surface area contributed by atoms with Gasteiger partial charge >= 0.3 is 6.18 Å². The molecule has 0 unspecified atom stereocenters. The number of aryl methyl sites for hydroxylation is 1. The first-order chi connectivity index (χ1) is 16.5. The second-order valence-electron chi connectivity index (χ2n) is 7.60. The van der Waals surface area contributed by atoms with Gasteiger partial charge in [-0.05, 0) is 47.9 Å². The summed E-state index contributed by atoms with van der Waals surface area (Å²) < 4.78 is 90.4. The van der Waals surface area contributed by atoms with Gasteiger partial charge in [0.2, 0.25) is 0 Å². The van der Waals surface area contributed by atoms with Crippen molar-refractivity contribution in [1.82, 2.24) is 5.16 Å². The van der Waals surface area contributed by atoms with Crippen molar-refractivity contribution in [1.29, 1.82) is 0 Å². The van der Waals surface area contributed by atoms with Gasteiger partial charge in [0.05, 0.1) is 23.4 Å². The lowest BCUT2D eigenvalue weighted by molar-refractivity contribution is -0.134. The first kappa shape index (κ1) is 24.3. The highest BCUT2D eigenvalue weighted by Crippen LogP contribution is 2.43. The first-order valence-electron chi connectivity index (χ1n) is 10.2. The molecule has 1 aromatic heterocycles. The molecule has 0 spiro atoms. The number of alkyl halides is 3. The van der Waals surface area contributed by atoms with Gasteiger partial charge in [0.1, 0.15) is 17.8 Å². The predicted octanol–water partition coefficient (Wildman–Crippen LogP) is 5.80. The predicted molar refractivity (Wildman–Crippen MR) is 121 cm³/mol. The third-order valence-electron chi connectivity index (χ3n) is 5.24. The average Bonchev–Trinajstić information content (AvgIpc) is 3.29. The number of benzene rings is 2. The summed E-state index contributed by atoms with van der Waals surface area (Å²) >= 11 is 0. The van der Waals surface area contributed by atoms with Gasteiger partial charge in [0, 0.05) is 24.3 Å². The SMILES string of the molecule is C=C1C=Cc2cc(S(=O)(=O)Nc3ccon3)ccc2N1c1cc(F)c(CCC(F)(F)F)cc1OC. The minimum Gasteiger partial charge on any atom is -0.495 e. The third-order valence-corrected chi connectivity index (χ3v) is 6.59. The molecule has 0 amide bonds.